The number of hydrogen-bond donors (Lipinski definition) is 5. The smallest absolute Gasteiger partial charge is 0.317 e. The standard InChI is InChI=1S/C20H26N6O8/c1-9-4-11-12(5-10(9)2)26(20(33)17(21-11)19-22-23-24-25(19)3)7-13(27)18(32)14(28)8-34-16(31)6-15(29)30/h4-5,13-14,18,20,27-28,32-33H,6-8H2,1-3H3,(H,29,30)/t13-,14+,18-,20?/m0/s1. The van der Waals surface area contributed by atoms with Crippen LogP contribution in [0.3, 0.4) is 0 Å². The molecular formula is C20H26N6O8. The van der Waals surface area contributed by atoms with Gasteiger partial charge >= 0.3 is 11.9 Å². The molecule has 2 aromatic rings. The second kappa shape index (κ2) is 10.2. The van der Waals surface area contributed by atoms with E-state index in [0.29, 0.717) is 11.4 Å². The van der Waals surface area contributed by atoms with Crippen LogP contribution < -0.4 is 4.90 Å². The van der Waals surface area contributed by atoms with Gasteiger partial charge in [0, 0.05) is 13.6 Å². The number of aliphatic hydroxyl groups excluding tert-OH is 4. The number of nitrogens with zero attached hydrogens (tertiary/aromatic N) is 6. The largest absolute Gasteiger partial charge is 0.481 e. The Labute approximate surface area is 193 Å². The summed E-state index contributed by atoms with van der Waals surface area (Å²) < 4.78 is 5.94. The number of hydrogen-bond acceptors (Lipinski definition) is 12. The number of carbonyl (C=O) groups excluding carboxylic acids is 1. The molecular weight excluding hydrogens is 452 g/mol. The van der Waals surface area contributed by atoms with E-state index in [2.05, 4.69) is 25.3 Å². The average Bonchev–Trinajstić information content (AvgIpc) is 3.19. The van der Waals surface area contributed by atoms with Crippen LogP contribution in [0.15, 0.2) is 17.1 Å². The highest BCUT2D eigenvalue weighted by Crippen LogP contribution is 2.37. The van der Waals surface area contributed by atoms with Crippen molar-refractivity contribution >= 4 is 29.0 Å². The lowest BCUT2D eigenvalue weighted by molar-refractivity contribution is -0.156. The molecule has 0 amide bonds. The van der Waals surface area contributed by atoms with Gasteiger partial charge in [0.25, 0.3) is 0 Å². The van der Waals surface area contributed by atoms with E-state index in [9.17, 15) is 30.0 Å². The van der Waals surface area contributed by atoms with Crippen molar-refractivity contribution < 1.29 is 39.9 Å². The summed E-state index contributed by atoms with van der Waals surface area (Å²) in [5.74, 6) is -2.31. The third kappa shape index (κ3) is 5.36. The zero-order valence-electron chi connectivity index (χ0n) is 18.7. The fourth-order valence-corrected chi connectivity index (χ4v) is 3.40. The van der Waals surface area contributed by atoms with Gasteiger partial charge in [0.1, 0.15) is 37.1 Å². The van der Waals surface area contributed by atoms with E-state index in [1.165, 1.54) is 9.58 Å². The van der Waals surface area contributed by atoms with E-state index < -0.39 is 49.5 Å². The van der Waals surface area contributed by atoms with Gasteiger partial charge in [-0.05, 0) is 47.5 Å². The highest BCUT2D eigenvalue weighted by atomic mass is 16.5. The molecule has 0 saturated carbocycles. The number of β-amino-alcohol motifs (C(OH)–C–C–N with tert-alkyl or cyclic N) is 1. The maximum atomic E-state index is 11.4. The SMILES string of the molecule is Cc1cc2c(cc1C)N(C[C@H](O)[C@H](O)[C@H](O)COC(=O)CC(=O)O)C(O)C(c1nnnn1C)=N2. The Hall–Kier alpha value is -3.46. The van der Waals surface area contributed by atoms with Gasteiger partial charge in [-0.3, -0.25) is 9.59 Å². The van der Waals surface area contributed by atoms with Crippen molar-refractivity contribution in [3.05, 3.63) is 29.1 Å². The van der Waals surface area contributed by atoms with Gasteiger partial charge in [-0.25, -0.2) is 9.67 Å². The van der Waals surface area contributed by atoms with Crippen molar-refractivity contribution in [1.29, 1.82) is 0 Å². The third-order valence-electron chi connectivity index (χ3n) is 5.41. The Kier molecular flexibility index (Phi) is 7.56. The summed E-state index contributed by atoms with van der Waals surface area (Å²) in [5.41, 5.74) is 2.91. The van der Waals surface area contributed by atoms with Crippen LogP contribution in [0.4, 0.5) is 11.4 Å². The molecule has 34 heavy (non-hydrogen) atoms. The Morgan fingerprint density at radius 2 is 1.82 bits per heavy atom. The number of ether oxygens (including phenoxy) is 1. The first-order chi connectivity index (χ1) is 16.0. The molecule has 0 aliphatic carbocycles. The number of aromatic nitrogens is 4. The molecule has 1 aromatic carbocycles. The van der Waals surface area contributed by atoms with Gasteiger partial charge in [0.15, 0.2) is 6.23 Å². The van der Waals surface area contributed by atoms with E-state index in [0.717, 1.165) is 11.1 Å². The fraction of sp³-hybridized carbons (Fsp3) is 0.500. The van der Waals surface area contributed by atoms with Gasteiger partial charge in [0.2, 0.25) is 5.82 Å². The molecule has 5 N–H and O–H groups in total. The first-order valence-electron chi connectivity index (χ1n) is 10.3. The number of anilines is 1. The van der Waals surface area contributed by atoms with Crippen LogP contribution in [0.1, 0.15) is 23.4 Å². The quantitative estimate of drug-likeness (QED) is 0.200. The van der Waals surface area contributed by atoms with E-state index in [-0.39, 0.29) is 18.1 Å². The van der Waals surface area contributed by atoms with Crippen molar-refractivity contribution in [3.63, 3.8) is 0 Å². The normalized spacial score (nSPS) is 18.0. The molecule has 2 heterocycles. The number of aliphatic imine (C=N–C) groups is 1. The van der Waals surface area contributed by atoms with Gasteiger partial charge < -0.3 is 35.2 Å². The van der Waals surface area contributed by atoms with E-state index in [4.69, 9.17) is 5.11 Å². The number of rotatable bonds is 9. The second-order valence-corrected chi connectivity index (χ2v) is 7.95. The number of aliphatic carboxylic acids is 1. The van der Waals surface area contributed by atoms with Crippen LogP contribution >= 0.6 is 0 Å². The maximum absolute atomic E-state index is 11.4. The molecule has 184 valence electrons. The molecule has 14 nitrogen and oxygen atoms in total. The number of aryl methyl sites for hydroxylation is 3. The molecule has 0 radical (unpaired) electrons. The number of carboxylic acid groups (broad SMARTS) is 1. The van der Waals surface area contributed by atoms with Crippen LogP contribution in [0.25, 0.3) is 0 Å². The highest BCUT2D eigenvalue weighted by molar-refractivity contribution is 6.06. The minimum Gasteiger partial charge on any atom is -0.481 e. The molecule has 0 bridgehead atoms. The number of esters is 1. The fourth-order valence-electron chi connectivity index (χ4n) is 3.40. The van der Waals surface area contributed by atoms with Crippen molar-refractivity contribution in [2.75, 3.05) is 18.1 Å². The van der Waals surface area contributed by atoms with Crippen LogP contribution in [-0.4, -0.2) is 101 Å². The molecule has 3 rings (SSSR count). The molecule has 0 spiro atoms. The first kappa shape index (κ1) is 25.2. The zero-order valence-corrected chi connectivity index (χ0v) is 18.7. The summed E-state index contributed by atoms with van der Waals surface area (Å²) in [5, 5.41) is 61.9. The van der Waals surface area contributed by atoms with Gasteiger partial charge in [-0.15, -0.1) is 5.10 Å². The summed E-state index contributed by atoms with van der Waals surface area (Å²) in [6.45, 7) is 2.69. The average molecular weight is 478 g/mol. The third-order valence-corrected chi connectivity index (χ3v) is 5.41. The summed E-state index contributed by atoms with van der Waals surface area (Å²) in [7, 11) is 1.57. The first-order valence-corrected chi connectivity index (χ1v) is 10.3. The second-order valence-electron chi connectivity index (χ2n) is 7.95. The van der Waals surface area contributed by atoms with Crippen LogP contribution in [0.2, 0.25) is 0 Å². The molecule has 1 aromatic heterocycles. The summed E-state index contributed by atoms with van der Waals surface area (Å²) in [4.78, 5) is 27.8. The topological polar surface area (TPSA) is 204 Å². The van der Waals surface area contributed by atoms with E-state index in [1.807, 2.05) is 13.8 Å². The van der Waals surface area contributed by atoms with Gasteiger partial charge in [0.05, 0.1) is 11.4 Å². The molecule has 0 saturated heterocycles. The number of carboxylic acids is 1. The number of carbonyl (C=O) groups is 2. The molecule has 1 unspecified atom stereocenters. The Bertz CT molecular complexity index is 1100. The number of tetrazole rings is 1. The van der Waals surface area contributed by atoms with Crippen LogP contribution in [0.5, 0.6) is 0 Å². The van der Waals surface area contributed by atoms with Crippen molar-refractivity contribution in [3.8, 4) is 0 Å². The highest BCUT2D eigenvalue weighted by Gasteiger charge is 2.36. The Morgan fingerprint density at radius 1 is 1.15 bits per heavy atom. The number of aliphatic hydroxyl groups is 4. The minimum absolute atomic E-state index is 0.119. The van der Waals surface area contributed by atoms with Gasteiger partial charge in [-0.2, -0.15) is 0 Å². The summed E-state index contributed by atoms with van der Waals surface area (Å²) in [6, 6.07) is 3.57. The number of benzene rings is 1. The Balaban J connectivity index is 1.82. The van der Waals surface area contributed by atoms with Crippen molar-refractivity contribution in [1.82, 2.24) is 20.2 Å². The lowest BCUT2D eigenvalue weighted by Crippen LogP contribution is -2.52. The monoisotopic (exact) mass is 478 g/mol. The van der Waals surface area contributed by atoms with Crippen LogP contribution in [-0.2, 0) is 21.4 Å². The van der Waals surface area contributed by atoms with Crippen LogP contribution in [0, 0.1) is 13.8 Å². The molecule has 1 aliphatic rings. The summed E-state index contributed by atoms with van der Waals surface area (Å²) in [6.07, 6.45) is -7.38. The van der Waals surface area contributed by atoms with E-state index in [1.54, 1.807) is 19.2 Å². The minimum atomic E-state index is -1.78. The lowest BCUT2D eigenvalue weighted by atomic mass is 10.0. The van der Waals surface area contributed by atoms with Gasteiger partial charge in [-0.1, -0.05) is 0 Å². The molecule has 4 atom stereocenters. The molecule has 14 heteroatoms. The number of fused-ring (bicyclic) bond motifs is 1. The maximum Gasteiger partial charge on any atom is 0.317 e. The van der Waals surface area contributed by atoms with Crippen molar-refractivity contribution in [2.24, 2.45) is 12.0 Å². The zero-order chi connectivity index (χ0) is 25.2. The molecule has 0 fully saturated rings. The predicted molar refractivity (Wildman–Crippen MR) is 115 cm³/mol. The predicted octanol–water partition coefficient (Wildman–Crippen LogP) is -1.81. The van der Waals surface area contributed by atoms with E-state index >= 15 is 0 Å². The van der Waals surface area contributed by atoms with Crippen molar-refractivity contribution in [2.45, 2.75) is 44.8 Å². The Morgan fingerprint density at radius 3 is 2.44 bits per heavy atom. The molecule has 1 aliphatic heterocycles. The summed E-state index contributed by atoms with van der Waals surface area (Å²) >= 11 is 0. The lowest BCUT2D eigenvalue weighted by Gasteiger charge is -2.37.